The molecule has 0 saturated carbocycles. The van der Waals surface area contributed by atoms with Crippen molar-refractivity contribution >= 4 is 6.03 Å². The maximum absolute atomic E-state index is 10.6. The zero-order valence-corrected chi connectivity index (χ0v) is 6.86. The number of primary amides is 1. The van der Waals surface area contributed by atoms with Crippen LogP contribution in [-0.2, 0) is 11.3 Å². The van der Waals surface area contributed by atoms with E-state index in [-0.39, 0.29) is 7.43 Å². The van der Waals surface area contributed by atoms with Crippen molar-refractivity contribution in [1.29, 1.82) is 0 Å². The molecule has 1 aromatic heterocycles. The summed E-state index contributed by atoms with van der Waals surface area (Å²) in [6.07, 6.45) is 3.22. The Kier molecular flexibility index (Phi) is 4.69. The van der Waals surface area contributed by atoms with Gasteiger partial charge in [-0.05, 0) is 17.7 Å². The fourth-order valence-electron chi connectivity index (χ4n) is 0.867. The highest BCUT2D eigenvalue weighted by molar-refractivity contribution is 5.61. The number of aromatic nitrogens is 1. The second-order valence-corrected chi connectivity index (χ2v) is 2.38. The first-order valence-electron chi connectivity index (χ1n) is 3.53. The fraction of sp³-hybridized carbons (Fsp3) is 0.333. The molecule has 0 unspecified atom stereocenters. The molecule has 0 bridgehead atoms. The van der Waals surface area contributed by atoms with Crippen LogP contribution in [0, 0.1) is 0 Å². The molecule has 1 amide bonds. The minimum Gasteiger partial charge on any atom is -0.380 e. The van der Waals surface area contributed by atoms with Gasteiger partial charge in [0.25, 0.3) is 0 Å². The van der Waals surface area contributed by atoms with Gasteiger partial charge in [0.2, 0.25) is 0 Å². The lowest BCUT2D eigenvalue weighted by Gasteiger charge is -1.97. The van der Waals surface area contributed by atoms with Gasteiger partial charge in [-0.15, -0.1) is 0 Å². The Balaban J connectivity index is 0.00000144. The standard InChI is InChI=1S/C8H10N2O2.CH4/c1-12-6-7-2-4-10(5-3-7)8(9)11;/h2-5H,6H2,1H3,(H-,9,11);1H4/p+1. The predicted molar refractivity (Wildman–Crippen MR) is 49.1 cm³/mol. The van der Waals surface area contributed by atoms with E-state index in [1.54, 1.807) is 31.6 Å². The van der Waals surface area contributed by atoms with Crippen LogP contribution in [0.4, 0.5) is 4.79 Å². The topological polar surface area (TPSA) is 56.2 Å². The molecule has 0 aliphatic carbocycles. The Morgan fingerprint density at radius 3 is 2.46 bits per heavy atom. The second kappa shape index (κ2) is 5.27. The molecular weight excluding hydrogens is 168 g/mol. The van der Waals surface area contributed by atoms with Crippen molar-refractivity contribution in [3.63, 3.8) is 0 Å². The summed E-state index contributed by atoms with van der Waals surface area (Å²) in [6, 6.07) is 3.08. The molecule has 4 heteroatoms. The SMILES string of the molecule is C.COCc1cc[n+](C(N)=O)cc1. The van der Waals surface area contributed by atoms with E-state index in [0.717, 1.165) is 5.56 Å². The first-order valence-corrected chi connectivity index (χ1v) is 3.53. The minimum absolute atomic E-state index is 0. The number of methoxy groups -OCH3 is 1. The molecule has 0 spiro atoms. The largest absolute Gasteiger partial charge is 0.493 e. The summed E-state index contributed by atoms with van der Waals surface area (Å²) >= 11 is 0. The molecule has 13 heavy (non-hydrogen) atoms. The van der Waals surface area contributed by atoms with E-state index >= 15 is 0 Å². The van der Waals surface area contributed by atoms with Gasteiger partial charge in [-0.25, -0.2) is 0 Å². The van der Waals surface area contributed by atoms with Crippen molar-refractivity contribution in [2.75, 3.05) is 7.11 Å². The number of nitrogens with two attached hydrogens (primary N) is 1. The number of ether oxygens (including phenoxy) is 1. The van der Waals surface area contributed by atoms with E-state index in [9.17, 15) is 4.79 Å². The first kappa shape index (κ1) is 11.6. The number of pyridine rings is 1. The lowest BCUT2D eigenvalue weighted by atomic mass is 10.3. The number of rotatable bonds is 2. The zero-order valence-electron chi connectivity index (χ0n) is 6.86. The van der Waals surface area contributed by atoms with E-state index < -0.39 is 6.03 Å². The van der Waals surface area contributed by atoms with Crippen molar-refractivity contribution in [3.05, 3.63) is 30.1 Å². The van der Waals surface area contributed by atoms with E-state index in [1.807, 2.05) is 0 Å². The first-order chi connectivity index (χ1) is 5.74. The number of carbonyl (C=O) groups excluding carboxylic acids is 1. The molecular formula is C9H15N2O2+. The Morgan fingerprint density at radius 1 is 1.54 bits per heavy atom. The highest BCUT2D eigenvalue weighted by atomic mass is 16.5. The van der Waals surface area contributed by atoms with Crippen LogP contribution in [0.15, 0.2) is 24.5 Å². The van der Waals surface area contributed by atoms with Crippen LogP contribution in [0.5, 0.6) is 0 Å². The smallest absolute Gasteiger partial charge is 0.380 e. The molecule has 0 atom stereocenters. The summed E-state index contributed by atoms with van der Waals surface area (Å²) in [4.78, 5) is 10.6. The van der Waals surface area contributed by atoms with Crippen molar-refractivity contribution < 1.29 is 14.1 Å². The highest BCUT2D eigenvalue weighted by Gasteiger charge is 2.03. The highest BCUT2D eigenvalue weighted by Crippen LogP contribution is 1.95. The Hall–Kier alpha value is -1.42. The Labute approximate surface area is 77.9 Å². The molecule has 0 fully saturated rings. The van der Waals surface area contributed by atoms with Gasteiger partial charge in [0, 0.05) is 7.11 Å². The molecule has 2 N–H and O–H groups in total. The van der Waals surface area contributed by atoms with E-state index in [4.69, 9.17) is 10.5 Å². The maximum atomic E-state index is 10.6. The number of hydrogen-bond acceptors (Lipinski definition) is 2. The minimum atomic E-state index is -0.487. The molecule has 0 radical (unpaired) electrons. The number of amides is 1. The molecule has 1 heterocycles. The number of hydrogen-bond donors (Lipinski definition) is 1. The molecule has 72 valence electrons. The average Bonchev–Trinajstić information content (AvgIpc) is 2.06. The fourth-order valence-corrected chi connectivity index (χ4v) is 0.867. The number of nitrogens with zero attached hydrogens (tertiary/aromatic N) is 1. The van der Waals surface area contributed by atoms with Crippen molar-refractivity contribution in [3.8, 4) is 0 Å². The van der Waals surface area contributed by atoms with Gasteiger partial charge in [-0.1, -0.05) is 7.43 Å². The van der Waals surface area contributed by atoms with Crippen LogP contribution in [0.3, 0.4) is 0 Å². The van der Waals surface area contributed by atoms with Crippen molar-refractivity contribution in [2.24, 2.45) is 5.73 Å². The van der Waals surface area contributed by atoms with Crippen LogP contribution >= 0.6 is 0 Å². The third kappa shape index (κ3) is 3.21. The molecule has 1 aromatic rings. The van der Waals surface area contributed by atoms with Gasteiger partial charge in [0.15, 0.2) is 0 Å². The van der Waals surface area contributed by atoms with Gasteiger partial charge >= 0.3 is 6.03 Å². The predicted octanol–water partition coefficient (Wildman–Crippen LogP) is 0.683. The monoisotopic (exact) mass is 183 g/mol. The molecule has 0 aliphatic rings. The van der Waals surface area contributed by atoms with Crippen LogP contribution in [0.25, 0.3) is 0 Å². The Bertz CT molecular complexity index is 269. The molecule has 0 aliphatic heterocycles. The van der Waals surface area contributed by atoms with Gasteiger partial charge in [-0.3, -0.25) is 5.73 Å². The summed E-state index contributed by atoms with van der Waals surface area (Å²) in [5.41, 5.74) is 6.04. The molecule has 1 rings (SSSR count). The number of carbonyl (C=O) groups is 1. The third-order valence-electron chi connectivity index (χ3n) is 1.46. The second-order valence-electron chi connectivity index (χ2n) is 2.38. The lowest BCUT2D eigenvalue weighted by Crippen LogP contribution is -2.46. The average molecular weight is 183 g/mol. The quantitative estimate of drug-likeness (QED) is 0.685. The van der Waals surface area contributed by atoms with Crippen LogP contribution < -0.4 is 10.3 Å². The summed E-state index contributed by atoms with van der Waals surface area (Å²) < 4.78 is 6.21. The van der Waals surface area contributed by atoms with Gasteiger partial charge < -0.3 is 4.74 Å². The van der Waals surface area contributed by atoms with Crippen LogP contribution in [0.2, 0.25) is 0 Å². The summed E-state index contributed by atoms with van der Waals surface area (Å²) in [5.74, 6) is 0. The third-order valence-corrected chi connectivity index (χ3v) is 1.46. The zero-order chi connectivity index (χ0) is 8.97. The maximum Gasteiger partial charge on any atom is 0.493 e. The van der Waals surface area contributed by atoms with E-state index in [2.05, 4.69) is 0 Å². The van der Waals surface area contributed by atoms with Crippen LogP contribution in [0.1, 0.15) is 13.0 Å². The normalized spacial score (nSPS) is 9.00. The summed E-state index contributed by atoms with van der Waals surface area (Å²) in [7, 11) is 1.62. The summed E-state index contributed by atoms with van der Waals surface area (Å²) in [5, 5.41) is 0. The molecule has 0 saturated heterocycles. The van der Waals surface area contributed by atoms with E-state index in [0.29, 0.717) is 6.61 Å². The van der Waals surface area contributed by atoms with E-state index in [1.165, 1.54) is 4.57 Å². The molecule has 0 aromatic carbocycles. The van der Waals surface area contributed by atoms with Crippen LogP contribution in [-0.4, -0.2) is 13.1 Å². The van der Waals surface area contributed by atoms with Crippen molar-refractivity contribution in [1.82, 2.24) is 0 Å². The summed E-state index contributed by atoms with van der Waals surface area (Å²) in [6.45, 7) is 0.541. The van der Waals surface area contributed by atoms with Gasteiger partial charge in [-0.2, -0.15) is 9.36 Å². The van der Waals surface area contributed by atoms with Gasteiger partial charge in [0.1, 0.15) is 0 Å². The lowest BCUT2D eigenvalue weighted by molar-refractivity contribution is -0.569. The van der Waals surface area contributed by atoms with Crippen molar-refractivity contribution in [2.45, 2.75) is 14.0 Å². The Morgan fingerprint density at radius 2 is 2.08 bits per heavy atom. The molecule has 4 nitrogen and oxygen atoms in total. The van der Waals surface area contributed by atoms with Gasteiger partial charge in [0.05, 0.1) is 19.0 Å².